The Bertz CT molecular complexity index is 667. The molecule has 0 aliphatic rings. The second-order valence-electron chi connectivity index (χ2n) is 4.80. The van der Waals surface area contributed by atoms with Crippen molar-refractivity contribution in [1.82, 2.24) is 9.62 Å². The van der Waals surface area contributed by atoms with Gasteiger partial charge in [-0.05, 0) is 50.5 Å². The van der Waals surface area contributed by atoms with Gasteiger partial charge < -0.3 is 4.42 Å². The van der Waals surface area contributed by atoms with Gasteiger partial charge >= 0.3 is 0 Å². The van der Waals surface area contributed by atoms with Gasteiger partial charge in [-0.2, -0.15) is 0 Å². The van der Waals surface area contributed by atoms with Crippen LogP contribution in [0, 0.1) is 0 Å². The summed E-state index contributed by atoms with van der Waals surface area (Å²) in [6.45, 7) is 0.235. The molecule has 0 spiro atoms. The molecule has 0 amide bonds. The lowest BCUT2D eigenvalue weighted by atomic mass is 10.2. The van der Waals surface area contributed by atoms with Crippen molar-refractivity contribution in [1.29, 1.82) is 0 Å². The van der Waals surface area contributed by atoms with Crippen LogP contribution in [-0.2, 0) is 10.0 Å². The van der Waals surface area contributed by atoms with Crippen molar-refractivity contribution in [2.75, 3.05) is 20.6 Å². The van der Waals surface area contributed by atoms with Gasteiger partial charge in [-0.3, -0.25) is 4.90 Å². The van der Waals surface area contributed by atoms with Crippen LogP contribution in [-0.4, -0.2) is 34.0 Å². The molecule has 114 valence electrons. The highest BCUT2D eigenvalue weighted by Gasteiger charge is 2.21. The maximum atomic E-state index is 12.3. The Hall–Kier alpha value is -1.15. The van der Waals surface area contributed by atoms with Crippen molar-refractivity contribution in [3.8, 4) is 0 Å². The minimum atomic E-state index is -3.54. The number of likely N-dealkylation sites (N-methyl/N-ethyl adjacent to an activating group) is 1. The average molecular weight is 373 g/mol. The van der Waals surface area contributed by atoms with E-state index in [2.05, 4.69) is 20.7 Å². The summed E-state index contributed by atoms with van der Waals surface area (Å²) in [4.78, 5) is 2.14. The molecule has 0 saturated heterocycles. The first-order chi connectivity index (χ1) is 9.90. The molecule has 1 aromatic heterocycles. The van der Waals surface area contributed by atoms with E-state index in [1.165, 1.54) is 0 Å². The summed E-state index contributed by atoms with van der Waals surface area (Å²) >= 11 is 3.29. The van der Waals surface area contributed by atoms with Gasteiger partial charge in [0.1, 0.15) is 5.76 Å². The second kappa shape index (κ2) is 6.74. The monoisotopic (exact) mass is 372 g/mol. The van der Waals surface area contributed by atoms with Crippen LogP contribution in [0.3, 0.4) is 0 Å². The summed E-state index contributed by atoms with van der Waals surface area (Å²) in [5.41, 5.74) is 0. The van der Waals surface area contributed by atoms with Gasteiger partial charge in [0.2, 0.25) is 10.0 Å². The highest BCUT2D eigenvalue weighted by atomic mass is 79.9. The Kier molecular flexibility index (Phi) is 5.21. The number of benzene rings is 1. The van der Waals surface area contributed by atoms with Crippen LogP contribution in [0.25, 0.3) is 0 Å². The van der Waals surface area contributed by atoms with Crippen molar-refractivity contribution in [3.63, 3.8) is 0 Å². The maximum Gasteiger partial charge on any atom is 0.240 e. The van der Waals surface area contributed by atoms with Gasteiger partial charge in [-0.1, -0.05) is 15.9 Å². The number of rotatable bonds is 6. The first-order valence-corrected chi connectivity index (χ1v) is 8.63. The standard InChI is InChI=1S/C14H17BrN2O3S/c1-17(2)13(14-4-3-9-20-14)10-16-21(18,19)12-7-5-11(15)6-8-12/h3-9,13,16H,10H2,1-2H3. The van der Waals surface area contributed by atoms with E-state index in [0.29, 0.717) is 0 Å². The summed E-state index contributed by atoms with van der Waals surface area (Å²) in [7, 11) is 0.216. The fourth-order valence-electron chi connectivity index (χ4n) is 1.90. The highest BCUT2D eigenvalue weighted by Crippen LogP contribution is 2.19. The summed E-state index contributed by atoms with van der Waals surface area (Å²) in [5, 5.41) is 0. The summed E-state index contributed by atoms with van der Waals surface area (Å²) in [6.07, 6.45) is 1.58. The summed E-state index contributed by atoms with van der Waals surface area (Å²) < 4.78 is 33.3. The SMILES string of the molecule is CN(C)C(CNS(=O)(=O)c1ccc(Br)cc1)c1ccco1. The number of sulfonamides is 1. The van der Waals surface area contributed by atoms with Crippen LogP contribution in [0.5, 0.6) is 0 Å². The van der Waals surface area contributed by atoms with Gasteiger partial charge in [0.05, 0.1) is 17.2 Å². The minimum absolute atomic E-state index is 0.162. The Labute approximate surface area is 133 Å². The molecule has 2 rings (SSSR count). The van der Waals surface area contributed by atoms with Crippen LogP contribution >= 0.6 is 15.9 Å². The van der Waals surface area contributed by atoms with E-state index in [-0.39, 0.29) is 17.5 Å². The van der Waals surface area contributed by atoms with E-state index < -0.39 is 10.0 Å². The van der Waals surface area contributed by atoms with Gasteiger partial charge in [-0.25, -0.2) is 13.1 Å². The van der Waals surface area contributed by atoms with Crippen molar-refractivity contribution < 1.29 is 12.8 Å². The molecule has 1 N–H and O–H groups in total. The lowest BCUT2D eigenvalue weighted by molar-refractivity contribution is 0.259. The summed E-state index contributed by atoms with van der Waals surface area (Å²) in [6, 6.07) is 9.97. The molecule has 1 unspecified atom stereocenters. The van der Waals surface area contributed by atoms with E-state index in [1.54, 1.807) is 36.6 Å². The van der Waals surface area contributed by atoms with E-state index >= 15 is 0 Å². The molecule has 0 aliphatic carbocycles. The van der Waals surface area contributed by atoms with E-state index in [0.717, 1.165) is 10.2 Å². The quantitative estimate of drug-likeness (QED) is 0.846. The third-order valence-electron chi connectivity index (χ3n) is 3.09. The number of halogens is 1. The average Bonchev–Trinajstić information content (AvgIpc) is 2.93. The van der Waals surface area contributed by atoms with Crippen LogP contribution in [0.4, 0.5) is 0 Å². The molecule has 21 heavy (non-hydrogen) atoms. The first-order valence-electron chi connectivity index (χ1n) is 6.35. The highest BCUT2D eigenvalue weighted by molar-refractivity contribution is 9.10. The third-order valence-corrected chi connectivity index (χ3v) is 5.05. The molecular weight excluding hydrogens is 356 g/mol. The lowest BCUT2D eigenvalue weighted by Gasteiger charge is -2.22. The van der Waals surface area contributed by atoms with E-state index in [9.17, 15) is 8.42 Å². The number of hydrogen-bond donors (Lipinski definition) is 1. The zero-order valence-corrected chi connectivity index (χ0v) is 14.2. The molecule has 0 bridgehead atoms. The largest absolute Gasteiger partial charge is 0.468 e. The van der Waals surface area contributed by atoms with Gasteiger partial charge in [0.15, 0.2) is 0 Å². The summed E-state index contributed by atoms with van der Waals surface area (Å²) in [5.74, 6) is 0.721. The molecule has 0 fully saturated rings. The van der Waals surface area contributed by atoms with Crippen molar-refractivity contribution in [2.45, 2.75) is 10.9 Å². The second-order valence-corrected chi connectivity index (χ2v) is 7.48. The molecule has 0 radical (unpaired) electrons. The zero-order valence-electron chi connectivity index (χ0n) is 11.8. The topological polar surface area (TPSA) is 62.6 Å². The maximum absolute atomic E-state index is 12.3. The van der Waals surface area contributed by atoms with Gasteiger partial charge in [0, 0.05) is 11.0 Å². The zero-order chi connectivity index (χ0) is 15.5. The van der Waals surface area contributed by atoms with Gasteiger partial charge in [-0.15, -0.1) is 0 Å². The first kappa shape index (κ1) is 16.2. The van der Waals surface area contributed by atoms with Crippen LogP contribution in [0.1, 0.15) is 11.8 Å². The molecule has 7 heteroatoms. The number of furan rings is 1. The normalized spacial score (nSPS) is 13.5. The van der Waals surface area contributed by atoms with Gasteiger partial charge in [0.25, 0.3) is 0 Å². The number of nitrogens with one attached hydrogen (secondary N) is 1. The van der Waals surface area contributed by atoms with Crippen LogP contribution in [0.15, 0.2) is 56.4 Å². The predicted octanol–water partition coefficient (Wildman–Crippen LogP) is 2.62. The van der Waals surface area contributed by atoms with Crippen molar-refractivity contribution in [2.24, 2.45) is 0 Å². The molecule has 5 nitrogen and oxygen atoms in total. The molecule has 2 aromatic rings. The smallest absolute Gasteiger partial charge is 0.240 e. The molecule has 0 aliphatic heterocycles. The lowest BCUT2D eigenvalue weighted by Crippen LogP contribution is -2.34. The van der Waals surface area contributed by atoms with Crippen molar-refractivity contribution >= 4 is 26.0 Å². The predicted molar refractivity (Wildman–Crippen MR) is 84.5 cm³/mol. The molecule has 1 aromatic carbocycles. The Morgan fingerprint density at radius 3 is 2.43 bits per heavy atom. The number of nitrogens with zero attached hydrogens (tertiary/aromatic N) is 1. The molecule has 0 saturated carbocycles. The van der Waals surface area contributed by atoms with Crippen LogP contribution in [0.2, 0.25) is 0 Å². The van der Waals surface area contributed by atoms with E-state index in [4.69, 9.17) is 4.42 Å². The molecule has 1 atom stereocenters. The minimum Gasteiger partial charge on any atom is -0.468 e. The Morgan fingerprint density at radius 1 is 1.24 bits per heavy atom. The fourth-order valence-corrected chi connectivity index (χ4v) is 3.21. The Balaban J connectivity index is 2.11. The third kappa shape index (κ3) is 4.16. The Morgan fingerprint density at radius 2 is 1.90 bits per heavy atom. The number of hydrogen-bond acceptors (Lipinski definition) is 4. The molecule has 1 heterocycles. The van der Waals surface area contributed by atoms with Crippen LogP contribution < -0.4 is 4.72 Å². The molecular formula is C14H17BrN2O3S. The van der Waals surface area contributed by atoms with Crippen molar-refractivity contribution in [3.05, 3.63) is 52.9 Å². The fraction of sp³-hybridized carbons (Fsp3) is 0.286. The van der Waals surface area contributed by atoms with E-state index in [1.807, 2.05) is 25.1 Å².